The van der Waals surface area contributed by atoms with Crippen LogP contribution in [0.3, 0.4) is 0 Å². The summed E-state index contributed by atoms with van der Waals surface area (Å²) in [6.45, 7) is 1.89. The summed E-state index contributed by atoms with van der Waals surface area (Å²) in [6, 6.07) is 12.4. The first-order chi connectivity index (χ1) is 7.35. The average Bonchev–Trinajstić information content (AvgIpc) is 2.77. The zero-order valence-electron chi connectivity index (χ0n) is 8.57. The molecule has 0 aliphatic carbocycles. The van der Waals surface area contributed by atoms with E-state index in [1.54, 1.807) is 0 Å². The van der Waals surface area contributed by atoms with Gasteiger partial charge in [-0.25, -0.2) is 0 Å². The van der Waals surface area contributed by atoms with Crippen molar-refractivity contribution < 1.29 is 4.74 Å². The van der Waals surface area contributed by atoms with Crippen LogP contribution < -0.4 is 5.32 Å². The molecule has 1 fully saturated rings. The van der Waals surface area contributed by atoms with Crippen molar-refractivity contribution in [3.8, 4) is 6.07 Å². The van der Waals surface area contributed by atoms with Gasteiger partial charge in [0.1, 0.15) is 5.54 Å². The minimum absolute atomic E-state index is 0.476. The second-order valence-electron chi connectivity index (χ2n) is 3.84. The van der Waals surface area contributed by atoms with E-state index in [-0.39, 0.29) is 0 Å². The molecule has 0 radical (unpaired) electrons. The van der Waals surface area contributed by atoms with Gasteiger partial charge in [0.15, 0.2) is 0 Å². The maximum absolute atomic E-state index is 9.10. The van der Waals surface area contributed by atoms with Crippen LogP contribution in [0.15, 0.2) is 30.3 Å². The van der Waals surface area contributed by atoms with Crippen LogP contribution in [0.1, 0.15) is 12.0 Å². The molecule has 2 rings (SSSR count). The van der Waals surface area contributed by atoms with E-state index >= 15 is 0 Å². The Hall–Kier alpha value is -1.37. The molecule has 1 heterocycles. The lowest BCUT2D eigenvalue weighted by atomic mass is 10.0. The fraction of sp³-hybridized carbons (Fsp3) is 0.417. The van der Waals surface area contributed by atoms with Crippen molar-refractivity contribution in [1.29, 1.82) is 5.26 Å². The molecule has 0 amide bonds. The third kappa shape index (κ3) is 2.35. The van der Waals surface area contributed by atoms with Crippen LogP contribution in [0, 0.1) is 11.3 Å². The molecule has 0 aromatic heterocycles. The number of nitrogens with zero attached hydrogens (tertiary/aromatic N) is 1. The fourth-order valence-electron chi connectivity index (χ4n) is 1.70. The van der Waals surface area contributed by atoms with Crippen LogP contribution >= 0.6 is 0 Å². The van der Waals surface area contributed by atoms with Crippen molar-refractivity contribution >= 4 is 0 Å². The standard InChI is InChI=1S/C12H14N2O/c13-9-12(6-7-15-10-12)14-8-11-4-2-1-3-5-11/h1-5,14H,6-8,10H2/t12-/m1/s1. The van der Waals surface area contributed by atoms with Crippen LogP contribution in [0.5, 0.6) is 0 Å². The summed E-state index contributed by atoms with van der Waals surface area (Å²) in [5, 5.41) is 12.4. The second-order valence-corrected chi connectivity index (χ2v) is 3.84. The van der Waals surface area contributed by atoms with Crippen molar-refractivity contribution in [3.63, 3.8) is 0 Å². The highest BCUT2D eigenvalue weighted by atomic mass is 16.5. The molecule has 1 aromatic carbocycles. The topological polar surface area (TPSA) is 45.0 Å². The maximum Gasteiger partial charge on any atom is 0.132 e. The van der Waals surface area contributed by atoms with Gasteiger partial charge in [-0.15, -0.1) is 0 Å². The lowest BCUT2D eigenvalue weighted by Gasteiger charge is -2.20. The SMILES string of the molecule is N#C[C@]1(NCc2ccccc2)CCOC1. The normalized spacial score (nSPS) is 25.0. The van der Waals surface area contributed by atoms with E-state index < -0.39 is 5.54 Å². The molecule has 1 aliphatic rings. The van der Waals surface area contributed by atoms with Crippen molar-refractivity contribution in [1.82, 2.24) is 5.32 Å². The average molecular weight is 202 g/mol. The smallest absolute Gasteiger partial charge is 0.132 e. The maximum atomic E-state index is 9.10. The van der Waals surface area contributed by atoms with Gasteiger partial charge in [0.2, 0.25) is 0 Å². The Morgan fingerprint density at radius 1 is 1.40 bits per heavy atom. The number of nitriles is 1. The van der Waals surface area contributed by atoms with Crippen molar-refractivity contribution in [2.45, 2.75) is 18.5 Å². The summed E-state index contributed by atoms with van der Waals surface area (Å²) >= 11 is 0. The minimum Gasteiger partial charge on any atom is -0.378 e. The van der Waals surface area contributed by atoms with E-state index in [0.29, 0.717) is 13.2 Å². The Kier molecular flexibility index (Phi) is 3.00. The molecule has 0 unspecified atom stereocenters. The molecular weight excluding hydrogens is 188 g/mol. The third-order valence-electron chi connectivity index (χ3n) is 2.71. The Morgan fingerprint density at radius 3 is 2.80 bits per heavy atom. The first-order valence-corrected chi connectivity index (χ1v) is 5.13. The van der Waals surface area contributed by atoms with Gasteiger partial charge in [0.05, 0.1) is 12.7 Å². The van der Waals surface area contributed by atoms with Gasteiger partial charge in [-0.05, 0) is 5.56 Å². The summed E-state index contributed by atoms with van der Waals surface area (Å²) in [5.41, 5.74) is 0.717. The van der Waals surface area contributed by atoms with Gasteiger partial charge in [-0.3, -0.25) is 5.32 Å². The zero-order chi connectivity index (χ0) is 10.6. The largest absolute Gasteiger partial charge is 0.378 e. The van der Waals surface area contributed by atoms with Crippen molar-refractivity contribution in [2.75, 3.05) is 13.2 Å². The molecule has 0 bridgehead atoms. The van der Waals surface area contributed by atoms with Crippen LogP contribution in [-0.2, 0) is 11.3 Å². The Balaban J connectivity index is 1.95. The summed E-state index contributed by atoms with van der Waals surface area (Å²) in [6.07, 6.45) is 0.774. The molecule has 1 N–H and O–H groups in total. The molecule has 3 heteroatoms. The van der Waals surface area contributed by atoms with Gasteiger partial charge in [-0.1, -0.05) is 30.3 Å². The molecule has 1 aliphatic heterocycles. The highest BCUT2D eigenvalue weighted by Crippen LogP contribution is 2.18. The van der Waals surface area contributed by atoms with Gasteiger partial charge in [0.25, 0.3) is 0 Å². The molecular formula is C12H14N2O. The number of hydrogen-bond donors (Lipinski definition) is 1. The number of hydrogen-bond acceptors (Lipinski definition) is 3. The highest BCUT2D eigenvalue weighted by Gasteiger charge is 2.34. The molecule has 78 valence electrons. The Morgan fingerprint density at radius 2 is 2.20 bits per heavy atom. The van der Waals surface area contributed by atoms with Crippen LogP contribution in [0.4, 0.5) is 0 Å². The third-order valence-corrected chi connectivity index (χ3v) is 2.71. The summed E-state index contributed by atoms with van der Waals surface area (Å²) in [7, 11) is 0. The Bertz CT molecular complexity index is 350. The van der Waals surface area contributed by atoms with E-state index in [0.717, 1.165) is 13.0 Å². The van der Waals surface area contributed by atoms with E-state index in [2.05, 4.69) is 11.4 Å². The van der Waals surface area contributed by atoms with Gasteiger partial charge in [-0.2, -0.15) is 5.26 Å². The predicted molar refractivity (Wildman–Crippen MR) is 57.1 cm³/mol. The number of nitrogens with one attached hydrogen (secondary N) is 1. The summed E-state index contributed by atoms with van der Waals surface area (Å²) in [4.78, 5) is 0. The first-order valence-electron chi connectivity index (χ1n) is 5.13. The molecule has 1 aromatic rings. The van der Waals surface area contributed by atoms with Gasteiger partial charge >= 0.3 is 0 Å². The lowest BCUT2D eigenvalue weighted by Crippen LogP contribution is -2.43. The van der Waals surface area contributed by atoms with E-state index in [1.807, 2.05) is 30.3 Å². The molecule has 15 heavy (non-hydrogen) atoms. The Labute approximate surface area is 89.7 Å². The van der Waals surface area contributed by atoms with Crippen LogP contribution in [0.25, 0.3) is 0 Å². The minimum atomic E-state index is -0.476. The number of benzene rings is 1. The number of ether oxygens (including phenoxy) is 1. The summed E-state index contributed by atoms with van der Waals surface area (Å²) < 4.78 is 5.25. The first kappa shape index (κ1) is 10.2. The van der Waals surface area contributed by atoms with E-state index in [4.69, 9.17) is 10.00 Å². The second kappa shape index (κ2) is 4.43. The van der Waals surface area contributed by atoms with Crippen LogP contribution in [0.2, 0.25) is 0 Å². The summed E-state index contributed by atoms with van der Waals surface area (Å²) in [5.74, 6) is 0. The van der Waals surface area contributed by atoms with E-state index in [9.17, 15) is 0 Å². The molecule has 0 saturated carbocycles. The lowest BCUT2D eigenvalue weighted by molar-refractivity contribution is 0.179. The zero-order valence-corrected chi connectivity index (χ0v) is 8.57. The molecule has 3 nitrogen and oxygen atoms in total. The number of rotatable bonds is 3. The molecule has 1 atom stereocenters. The van der Waals surface area contributed by atoms with Gasteiger partial charge in [0, 0.05) is 19.6 Å². The quantitative estimate of drug-likeness (QED) is 0.807. The molecule has 0 spiro atoms. The predicted octanol–water partition coefficient (Wildman–Crippen LogP) is 1.46. The van der Waals surface area contributed by atoms with Crippen LogP contribution in [-0.4, -0.2) is 18.8 Å². The monoisotopic (exact) mass is 202 g/mol. The van der Waals surface area contributed by atoms with Gasteiger partial charge < -0.3 is 4.74 Å². The highest BCUT2D eigenvalue weighted by molar-refractivity contribution is 5.17. The van der Waals surface area contributed by atoms with Crippen molar-refractivity contribution in [3.05, 3.63) is 35.9 Å². The fourth-order valence-corrected chi connectivity index (χ4v) is 1.70. The molecule has 1 saturated heterocycles. The van der Waals surface area contributed by atoms with E-state index in [1.165, 1.54) is 5.56 Å². The van der Waals surface area contributed by atoms with Crippen molar-refractivity contribution in [2.24, 2.45) is 0 Å².